The number of hydrogen-bond donors (Lipinski definition) is 0. The normalized spacial score (nSPS) is 10.2. The number of hydrogen-bond acceptors (Lipinski definition) is 4. The molecule has 0 unspecified atom stereocenters. The molecule has 0 aliphatic rings. The molecule has 0 bridgehead atoms. The zero-order chi connectivity index (χ0) is 17.9. The number of ether oxygens (including phenoxy) is 2. The fourth-order valence-corrected chi connectivity index (χ4v) is 2.67. The Kier molecular flexibility index (Phi) is 24.7. The van der Waals surface area contributed by atoms with Gasteiger partial charge in [0.25, 0.3) is 0 Å². The molecule has 143 valence electrons. The van der Waals surface area contributed by atoms with Gasteiger partial charge in [0.1, 0.15) is 0 Å². The maximum atomic E-state index is 11.6. The first-order valence-electron chi connectivity index (χ1n) is 10.0. The van der Waals surface area contributed by atoms with Crippen LogP contribution >= 0.6 is 12.2 Å². The van der Waals surface area contributed by atoms with Crippen LogP contribution in [0.5, 0.6) is 0 Å². The van der Waals surface area contributed by atoms with E-state index in [9.17, 15) is 4.79 Å². The number of rotatable bonds is 17. The summed E-state index contributed by atoms with van der Waals surface area (Å²) >= 11 is 5.16. The topological polar surface area (TPSA) is 35.5 Å². The Morgan fingerprint density at radius 2 is 1.12 bits per heavy atom. The Hall–Kier alpha value is 0.360. The van der Waals surface area contributed by atoms with E-state index in [-0.39, 0.29) is 35.5 Å². The van der Waals surface area contributed by atoms with Gasteiger partial charge in [0.05, 0.1) is 19.6 Å². The molecule has 0 heterocycles. The molecule has 0 amide bonds. The molecule has 25 heavy (non-hydrogen) atoms. The van der Waals surface area contributed by atoms with Crippen LogP contribution in [0.15, 0.2) is 0 Å². The molecule has 3 nitrogen and oxygen atoms in total. The Labute approximate surface area is 183 Å². The molecule has 0 spiro atoms. The van der Waals surface area contributed by atoms with E-state index < -0.39 is 0 Å². The maximum absolute atomic E-state index is 11.6. The predicted octanol–water partition coefficient (Wildman–Crippen LogP) is 5.99. The number of esters is 1. The summed E-state index contributed by atoms with van der Waals surface area (Å²) in [4.78, 5) is 11.6. The number of carbonyl (C=O) groups is 1. The van der Waals surface area contributed by atoms with Crippen LogP contribution in [-0.4, -0.2) is 53.8 Å². The first-order valence-corrected chi connectivity index (χ1v) is 10.4. The van der Waals surface area contributed by atoms with Gasteiger partial charge in [-0.25, -0.2) is 0 Å². The molecular weight excluding hydrogens is 343 g/mol. The summed E-state index contributed by atoms with van der Waals surface area (Å²) < 4.78 is 10.7. The smallest absolute Gasteiger partial charge is 0.306 e. The fraction of sp³-hybridized carbons (Fsp3) is 0.900. The van der Waals surface area contributed by atoms with Crippen molar-refractivity contribution in [2.75, 3.05) is 13.2 Å². The quantitative estimate of drug-likeness (QED) is 0.134. The maximum Gasteiger partial charge on any atom is 0.306 e. The summed E-state index contributed by atoms with van der Waals surface area (Å²) in [6.07, 6.45) is 15.5. The van der Waals surface area contributed by atoms with Crippen molar-refractivity contribution in [1.29, 1.82) is 0 Å². The van der Waals surface area contributed by atoms with Gasteiger partial charge in [0, 0.05) is 36.0 Å². The van der Waals surface area contributed by atoms with Gasteiger partial charge in [-0.2, -0.15) is 0 Å². The molecule has 0 fully saturated rings. The summed E-state index contributed by atoms with van der Waals surface area (Å²) in [6.45, 7) is 5.65. The second kappa shape index (κ2) is 22.4. The van der Waals surface area contributed by atoms with Crippen LogP contribution in [0.1, 0.15) is 104 Å². The van der Waals surface area contributed by atoms with Crippen molar-refractivity contribution in [3.63, 3.8) is 0 Å². The molecule has 0 saturated carbocycles. The minimum Gasteiger partial charge on any atom is -0.487 e. The molecule has 0 atom stereocenters. The molecule has 0 aliphatic carbocycles. The van der Waals surface area contributed by atoms with Crippen LogP contribution in [0.4, 0.5) is 0 Å². The average Bonchev–Trinajstić information content (AvgIpc) is 2.58. The predicted molar refractivity (Wildman–Crippen MR) is 111 cm³/mol. The average molecular weight is 382 g/mol. The van der Waals surface area contributed by atoms with Crippen LogP contribution in [-0.2, 0) is 14.3 Å². The van der Waals surface area contributed by atoms with Crippen molar-refractivity contribution >= 4 is 52.8 Å². The summed E-state index contributed by atoms with van der Waals surface area (Å²) in [6, 6.07) is 0. The molecule has 0 aromatic rings. The third kappa shape index (κ3) is 22.3. The van der Waals surface area contributed by atoms with E-state index in [0.29, 0.717) is 31.1 Å². The summed E-state index contributed by atoms with van der Waals surface area (Å²) in [5.74, 6) is -0.158. The van der Waals surface area contributed by atoms with Crippen molar-refractivity contribution < 1.29 is 14.3 Å². The number of carbonyl (C=O) groups excluding carboxylic acids is 1. The molecule has 0 aromatic carbocycles. The third-order valence-corrected chi connectivity index (χ3v) is 4.38. The minimum absolute atomic E-state index is 0. The molecular formula is C20H38NaO3S. The standard InChI is InChI=1S/C20H38O3S.Na/c1-3-5-7-9-11-13-17-22-19(21)15-16-20(24)23-18-14-12-10-8-6-4-2;/h3-18H2,1-2H3;. The largest absolute Gasteiger partial charge is 0.487 e. The van der Waals surface area contributed by atoms with Gasteiger partial charge in [0.15, 0.2) is 5.05 Å². The molecule has 0 N–H and O–H groups in total. The number of thiocarbonyl (C=S) groups is 1. The van der Waals surface area contributed by atoms with E-state index in [1.54, 1.807) is 0 Å². The van der Waals surface area contributed by atoms with E-state index in [1.165, 1.54) is 57.8 Å². The second-order valence-electron chi connectivity index (χ2n) is 6.48. The van der Waals surface area contributed by atoms with Crippen molar-refractivity contribution in [2.24, 2.45) is 0 Å². The van der Waals surface area contributed by atoms with Gasteiger partial charge in [-0.05, 0) is 25.1 Å². The molecule has 5 heteroatoms. The molecule has 0 saturated heterocycles. The molecule has 0 aliphatic heterocycles. The summed E-state index contributed by atoms with van der Waals surface area (Å²) in [5, 5.41) is 0.542. The molecule has 0 aromatic heterocycles. The van der Waals surface area contributed by atoms with Gasteiger partial charge >= 0.3 is 5.97 Å². The Balaban J connectivity index is 0. The Morgan fingerprint density at radius 1 is 0.680 bits per heavy atom. The number of unbranched alkanes of at least 4 members (excludes halogenated alkanes) is 10. The zero-order valence-electron chi connectivity index (χ0n) is 16.9. The van der Waals surface area contributed by atoms with Crippen LogP contribution in [0.3, 0.4) is 0 Å². The Morgan fingerprint density at radius 3 is 1.64 bits per heavy atom. The van der Waals surface area contributed by atoms with Crippen LogP contribution in [0.2, 0.25) is 0 Å². The summed E-state index contributed by atoms with van der Waals surface area (Å²) in [5.41, 5.74) is 0. The summed E-state index contributed by atoms with van der Waals surface area (Å²) in [7, 11) is 0. The van der Waals surface area contributed by atoms with Crippen LogP contribution < -0.4 is 0 Å². The van der Waals surface area contributed by atoms with E-state index in [1.807, 2.05) is 0 Å². The van der Waals surface area contributed by atoms with Crippen molar-refractivity contribution in [2.45, 2.75) is 104 Å². The van der Waals surface area contributed by atoms with E-state index in [2.05, 4.69) is 13.8 Å². The minimum atomic E-state index is -0.158. The Bertz CT molecular complexity index is 281. The molecule has 1 radical (unpaired) electrons. The van der Waals surface area contributed by atoms with Crippen molar-refractivity contribution in [3.8, 4) is 0 Å². The van der Waals surface area contributed by atoms with Gasteiger partial charge in [0.2, 0.25) is 0 Å². The van der Waals surface area contributed by atoms with Gasteiger partial charge in [-0.15, -0.1) is 0 Å². The van der Waals surface area contributed by atoms with Gasteiger partial charge < -0.3 is 9.47 Å². The SMILES string of the molecule is CCCCCCCCOC(=O)CCC(=S)OCCCCCCCC.[Na]. The van der Waals surface area contributed by atoms with Gasteiger partial charge in [-0.3, -0.25) is 4.79 Å². The van der Waals surface area contributed by atoms with Crippen molar-refractivity contribution in [1.82, 2.24) is 0 Å². The third-order valence-electron chi connectivity index (χ3n) is 4.06. The van der Waals surface area contributed by atoms with E-state index >= 15 is 0 Å². The van der Waals surface area contributed by atoms with E-state index in [4.69, 9.17) is 21.7 Å². The second-order valence-corrected chi connectivity index (χ2v) is 6.93. The first-order chi connectivity index (χ1) is 11.7. The monoisotopic (exact) mass is 381 g/mol. The van der Waals surface area contributed by atoms with Gasteiger partial charge in [-0.1, -0.05) is 78.1 Å². The van der Waals surface area contributed by atoms with Crippen LogP contribution in [0, 0.1) is 0 Å². The molecule has 0 rings (SSSR count). The van der Waals surface area contributed by atoms with E-state index in [0.717, 1.165) is 19.3 Å². The van der Waals surface area contributed by atoms with Crippen molar-refractivity contribution in [3.05, 3.63) is 0 Å². The van der Waals surface area contributed by atoms with Crippen LogP contribution in [0.25, 0.3) is 0 Å². The fourth-order valence-electron chi connectivity index (χ4n) is 2.49. The zero-order valence-corrected chi connectivity index (χ0v) is 19.8. The first kappa shape index (κ1) is 27.6.